The number of ether oxygens (including phenoxy) is 6. The van der Waals surface area contributed by atoms with Crippen molar-refractivity contribution < 1.29 is 89.4 Å². The number of amides is 1. The number of carbonyl (C=O) groups excluding carboxylic acids is 1. The molecule has 0 bridgehead atoms. The molecular weight excluding hydrogens is 1290 g/mol. The lowest BCUT2D eigenvalue weighted by atomic mass is 9.96. The molecule has 0 aromatic carbocycles. The van der Waals surface area contributed by atoms with Crippen LogP contribution in [0.2, 0.25) is 0 Å². The SMILES string of the molecule is CCCCCCC/C=C\C/C=C\CCCCCCCCCCCCCCCCCCCCCCCC(=O)NC(COC1OC(CO)C(OC2OC(CO)C(OC3OC(CO)C(O)C(O)C3O)C(O)C2O)C(O)C1O)C(O)CCCCCCCCCCCCCCCCCCCCCCCCC. The molecule has 3 aliphatic rings. The summed E-state index contributed by atoms with van der Waals surface area (Å²) in [5.41, 5.74) is 0. The first-order valence-electron chi connectivity index (χ1n) is 42.1. The zero-order valence-electron chi connectivity index (χ0n) is 63.9. The molecule has 0 aromatic heterocycles. The van der Waals surface area contributed by atoms with Crippen LogP contribution in [0, 0.1) is 0 Å². The van der Waals surface area contributed by atoms with Crippen molar-refractivity contribution in [3.63, 3.8) is 0 Å². The van der Waals surface area contributed by atoms with Crippen molar-refractivity contribution in [3.8, 4) is 0 Å². The Kier molecular flexibility index (Phi) is 58.5. The first-order valence-corrected chi connectivity index (χ1v) is 42.1. The van der Waals surface area contributed by atoms with Crippen LogP contribution in [0.4, 0.5) is 0 Å². The van der Waals surface area contributed by atoms with Crippen LogP contribution in [0.25, 0.3) is 0 Å². The summed E-state index contributed by atoms with van der Waals surface area (Å²) in [5.74, 6) is -0.234. The van der Waals surface area contributed by atoms with Crippen molar-refractivity contribution in [2.75, 3.05) is 26.4 Å². The molecule has 0 aliphatic carbocycles. The van der Waals surface area contributed by atoms with Gasteiger partial charge in [-0.3, -0.25) is 4.79 Å². The van der Waals surface area contributed by atoms with E-state index >= 15 is 0 Å². The molecule has 12 N–H and O–H groups in total. The Bertz CT molecular complexity index is 1920. The molecule has 3 aliphatic heterocycles. The normalized spacial score (nSPS) is 26.4. The highest BCUT2D eigenvalue weighted by Gasteiger charge is 2.54. The minimum Gasteiger partial charge on any atom is -0.394 e. The number of hydrogen-bond acceptors (Lipinski definition) is 18. The first kappa shape index (κ1) is 93.5. The molecule has 0 saturated carbocycles. The molecule has 3 rings (SSSR count). The molecule has 17 unspecified atom stereocenters. The number of nitrogens with one attached hydrogen (secondary N) is 1. The third-order valence-corrected chi connectivity index (χ3v) is 21.3. The Morgan fingerprint density at radius 1 is 0.356 bits per heavy atom. The Balaban J connectivity index is 1.34. The maximum absolute atomic E-state index is 13.5. The van der Waals surface area contributed by atoms with Crippen LogP contribution in [0.5, 0.6) is 0 Å². The van der Waals surface area contributed by atoms with E-state index in [9.17, 15) is 61.0 Å². The summed E-state index contributed by atoms with van der Waals surface area (Å²) >= 11 is 0. The Hall–Kier alpha value is -1.73. The molecular formula is C82H155NO18. The molecule has 19 heteroatoms. The molecule has 3 heterocycles. The van der Waals surface area contributed by atoms with Crippen molar-refractivity contribution >= 4 is 5.91 Å². The van der Waals surface area contributed by atoms with E-state index in [1.165, 1.54) is 276 Å². The number of aliphatic hydroxyl groups excluding tert-OH is 11. The summed E-state index contributed by atoms with van der Waals surface area (Å²) in [4.78, 5) is 13.5. The first-order chi connectivity index (χ1) is 49.3. The largest absolute Gasteiger partial charge is 0.394 e. The Labute approximate surface area is 613 Å². The number of allylic oxidation sites excluding steroid dienone is 4. The van der Waals surface area contributed by atoms with Crippen LogP contribution in [-0.4, -0.2) is 193 Å². The lowest BCUT2D eigenvalue weighted by Gasteiger charge is -2.48. The van der Waals surface area contributed by atoms with Crippen molar-refractivity contribution in [2.24, 2.45) is 0 Å². The quantitative estimate of drug-likeness (QED) is 0.0199. The lowest BCUT2D eigenvalue weighted by Crippen LogP contribution is -2.66. The number of aliphatic hydroxyl groups is 11. The standard InChI is InChI=1S/C82H155NO18/c1-3-5-7-9-11-13-15-17-19-21-23-25-27-28-29-30-31-32-33-34-35-36-38-40-42-44-46-48-50-52-54-56-58-60-70(88)83-65(66(87)59-57-55-53-51-49-47-45-43-41-39-37-26-24-22-20-18-16-14-12-10-8-6-4-2)64-96-80-76(94)73(91)78(68(62-85)98-80)101-82-77(95)74(92)79(69(63-86)99-82)100-81-75(93)72(90)71(89)67(61-84)97-81/h15,17,21,23,65-69,71-82,84-87,89-95H,3-14,16,18-20,22,24-64H2,1-2H3,(H,83,88)/b17-15-,23-21-. The zero-order chi connectivity index (χ0) is 73.2. The molecule has 17 atom stereocenters. The van der Waals surface area contributed by atoms with Gasteiger partial charge in [-0.2, -0.15) is 0 Å². The molecule has 0 spiro atoms. The van der Waals surface area contributed by atoms with Gasteiger partial charge in [0.2, 0.25) is 5.91 Å². The number of hydrogen-bond donors (Lipinski definition) is 12. The maximum Gasteiger partial charge on any atom is 0.220 e. The van der Waals surface area contributed by atoms with E-state index < -0.39 is 124 Å². The van der Waals surface area contributed by atoms with E-state index in [2.05, 4.69) is 43.5 Å². The summed E-state index contributed by atoms with van der Waals surface area (Å²) in [6, 6.07) is -0.886. The van der Waals surface area contributed by atoms with Gasteiger partial charge in [0.25, 0.3) is 0 Å². The fourth-order valence-electron chi connectivity index (χ4n) is 14.5. The van der Waals surface area contributed by atoms with Gasteiger partial charge in [-0.1, -0.05) is 334 Å². The molecule has 0 radical (unpaired) electrons. The highest BCUT2D eigenvalue weighted by atomic mass is 16.8. The van der Waals surface area contributed by atoms with Crippen molar-refractivity contribution in [3.05, 3.63) is 24.3 Å². The minimum absolute atomic E-state index is 0.234. The minimum atomic E-state index is -1.97. The van der Waals surface area contributed by atoms with E-state index in [1.54, 1.807) is 0 Å². The van der Waals surface area contributed by atoms with Gasteiger partial charge in [0.05, 0.1) is 38.6 Å². The van der Waals surface area contributed by atoms with E-state index in [1.807, 2.05) is 0 Å². The van der Waals surface area contributed by atoms with Gasteiger partial charge < -0.3 is 89.9 Å². The van der Waals surface area contributed by atoms with Crippen LogP contribution >= 0.6 is 0 Å². The Morgan fingerprint density at radius 3 is 1.01 bits per heavy atom. The van der Waals surface area contributed by atoms with Gasteiger partial charge in [0.15, 0.2) is 18.9 Å². The van der Waals surface area contributed by atoms with E-state index in [0.29, 0.717) is 12.8 Å². The van der Waals surface area contributed by atoms with Gasteiger partial charge in [-0.05, 0) is 44.9 Å². The molecule has 101 heavy (non-hydrogen) atoms. The fraction of sp³-hybridized carbons (Fsp3) is 0.939. The summed E-state index contributed by atoms with van der Waals surface area (Å²) in [6.07, 6.45) is 49.9. The average Bonchev–Trinajstić information content (AvgIpc) is 0.783. The molecule has 596 valence electrons. The zero-order valence-corrected chi connectivity index (χ0v) is 63.9. The summed E-state index contributed by atoms with van der Waals surface area (Å²) in [7, 11) is 0. The van der Waals surface area contributed by atoms with Crippen LogP contribution in [0.15, 0.2) is 24.3 Å². The highest BCUT2D eigenvalue weighted by molar-refractivity contribution is 5.76. The van der Waals surface area contributed by atoms with Crippen molar-refractivity contribution in [2.45, 2.75) is 465 Å². The second-order valence-corrected chi connectivity index (χ2v) is 30.3. The second kappa shape index (κ2) is 63.2. The third-order valence-electron chi connectivity index (χ3n) is 21.3. The third kappa shape index (κ3) is 43.2. The van der Waals surface area contributed by atoms with Crippen molar-refractivity contribution in [1.82, 2.24) is 5.32 Å². The van der Waals surface area contributed by atoms with E-state index in [-0.39, 0.29) is 18.9 Å². The monoisotopic (exact) mass is 1440 g/mol. The summed E-state index contributed by atoms with van der Waals surface area (Å²) in [6.45, 7) is 1.85. The molecule has 3 saturated heterocycles. The van der Waals surface area contributed by atoms with Gasteiger partial charge in [0.1, 0.15) is 73.2 Å². The average molecular weight is 1440 g/mol. The van der Waals surface area contributed by atoms with Crippen LogP contribution in [-0.2, 0) is 33.2 Å². The maximum atomic E-state index is 13.5. The molecule has 19 nitrogen and oxygen atoms in total. The van der Waals surface area contributed by atoms with Gasteiger partial charge >= 0.3 is 0 Å². The molecule has 3 fully saturated rings. The number of rotatable bonds is 68. The van der Waals surface area contributed by atoms with Gasteiger partial charge in [0, 0.05) is 6.42 Å². The lowest BCUT2D eigenvalue weighted by molar-refractivity contribution is -0.379. The topological polar surface area (TPSA) is 307 Å². The van der Waals surface area contributed by atoms with Crippen molar-refractivity contribution in [1.29, 1.82) is 0 Å². The smallest absolute Gasteiger partial charge is 0.220 e. The van der Waals surface area contributed by atoms with Crippen LogP contribution < -0.4 is 5.32 Å². The summed E-state index contributed by atoms with van der Waals surface area (Å²) in [5, 5.41) is 121. The fourth-order valence-corrected chi connectivity index (χ4v) is 14.5. The number of carbonyl (C=O) groups is 1. The van der Waals surface area contributed by atoms with Crippen LogP contribution in [0.3, 0.4) is 0 Å². The Morgan fingerprint density at radius 2 is 0.653 bits per heavy atom. The highest BCUT2D eigenvalue weighted by Crippen LogP contribution is 2.33. The van der Waals surface area contributed by atoms with E-state index in [0.717, 1.165) is 51.4 Å². The molecule has 1 amide bonds. The predicted molar refractivity (Wildman–Crippen MR) is 402 cm³/mol. The molecule has 0 aromatic rings. The van der Waals surface area contributed by atoms with Crippen LogP contribution in [0.1, 0.15) is 361 Å². The second-order valence-electron chi connectivity index (χ2n) is 30.3. The summed E-state index contributed by atoms with van der Waals surface area (Å²) < 4.78 is 34.6. The van der Waals surface area contributed by atoms with E-state index in [4.69, 9.17) is 28.4 Å². The van der Waals surface area contributed by atoms with Gasteiger partial charge in [-0.15, -0.1) is 0 Å². The predicted octanol–water partition coefficient (Wildman–Crippen LogP) is 14.5. The van der Waals surface area contributed by atoms with Gasteiger partial charge in [-0.25, -0.2) is 0 Å². The number of unbranched alkanes of at least 4 members (excludes halogenated alkanes) is 48.